The van der Waals surface area contributed by atoms with Crippen LogP contribution >= 0.6 is 24.2 Å². The van der Waals surface area contributed by atoms with Crippen LogP contribution in [-0.4, -0.2) is 80.5 Å². The van der Waals surface area contributed by atoms with Crippen molar-refractivity contribution >= 4 is 35.5 Å². The van der Waals surface area contributed by atoms with Crippen LogP contribution < -0.4 is 4.90 Å². The molecular formula is C24H34ClN3O2S. The Morgan fingerprint density at radius 1 is 0.871 bits per heavy atom. The predicted octanol–water partition coefficient (Wildman–Crippen LogP) is 3.97. The highest BCUT2D eigenvalue weighted by Crippen LogP contribution is 2.47. The molecule has 5 nitrogen and oxygen atoms in total. The average Bonchev–Trinajstić information content (AvgIpc) is 2.77. The van der Waals surface area contributed by atoms with Crippen molar-refractivity contribution in [1.29, 1.82) is 0 Å². The van der Waals surface area contributed by atoms with Crippen LogP contribution in [0.2, 0.25) is 0 Å². The summed E-state index contributed by atoms with van der Waals surface area (Å²) in [6, 6.07) is 17.5. The van der Waals surface area contributed by atoms with E-state index < -0.39 is 0 Å². The summed E-state index contributed by atoms with van der Waals surface area (Å²) in [6.07, 6.45) is 0. The number of fused-ring (bicyclic) bond motifs is 2. The van der Waals surface area contributed by atoms with E-state index in [1.807, 2.05) is 11.8 Å². The van der Waals surface area contributed by atoms with Crippen LogP contribution in [-0.2, 0) is 4.74 Å². The van der Waals surface area contributed by atoms with E-state index in [1.54, 1.807) is 0 Å². The van der Waals surface area contributed by atoms with Crippen molar-refractivity contribution < 1.29 is 9.84 Å². The van der Waals surface area contributed by atoms with E-state index >= 15 is 0 Å². The van der Waals surface area contributed by atoms with Gasteiger partial charge >= 0.3 is 0 Å². The maximum absolute atomic E-state index is 8.80. The topological polar surface area (TPSA) is 39.2 Å². The second kappa shape index (κ2) is 12.1. The number of aliphatic hydroxyl groups is 1. The van der Waals surface area contributed by atoms with E-state index in [9.17, 15) is 0 Å². The van der Waals surface area contributed by atoms with Crippen LogP contribution in [0.3, 0.4) is 0 Å². The number of benzene rings is 2. The highest BCUT2D eigenvalue weighted by atomic mass is 35.5. The molecule has 0 aliphatic carbocycles. The number of hydrogen-bond acceptors (Lipinski definition) is 6. The summed E-state index contributed by atoms with van der Waals surface area (Å²) in [5, 5.41) is 8.80. The average molecular weight is 464 g/mol. The van der Waals surface area contributed by atoms with Crippen LogP contribution in [0.1, 0.15) is 6.92 Å². The SMILES string of the molecule is CC(CN1CCN(CCOCCO)CC1)CN1c2ccccc2Sc2ccccc21.Cl. The first-order valence-corrected chi connectivity index (χ1v) is 11.8. The molecule has 7 heteroatoms. The molecule has 1 atom stereocenters. The largest absolute Gasteiger partial charge is 0.394 e. The Bertz CT molecular complexity index is 771. The number of aliphatic hydroxyl groups excluding tert-OH is 1. The molecule has 0 radical (unpaired) electrons. The lowest BCUT2D eigenvalue weighted by Crippen LogP contribution is -2.49. The van der Waals surface area contributed by atoms with E-state index in [-0.39, 0.29) is 19.0 Å². The second-order valence-electron chi connectivity index (χ2n) is 8.23. The first-order valence-electron chi connectivity index (χ1n) is 11.0. The molecule has 31 heavy (non-hydrogen) atoms. The minimum absolute atomic E-state index is 0. The zero-order chi connectivity index (χ0) is 20.8. The van der Waals surface area contributed by atoms with Crippen molar-refractivity contribution in [1.82, 2.24) is 9.80 Å². The van der Waals surface area contributed by atoms with Crippen LogP contribution in [0.5, 0.6) is 0 Å². The van der Waals surface area contributed by atoms with E-state index in [2.05, 4.69) is 70.2 Å². The van der Waals surface area contributed by atoms with Gasteiger partial charge in [0.15, 0.2) is 0 Å². The summed E-state index contributed by atoms with van der Waals surface area (Å²) in [7, 11) is 0. The zero-order valence-corrected chi connectivity index (χ0v) is 19.9. The first-order chi connectivity index (χ1) is 14.7. The third-order valence-corrected chi connectivity index (χ3v) is 6.98. The maximum Gasteiger partial charge on any atom is 0.0698 e. The standard InChI is InChI=1S/C24H33N3O2S.ClH/c1-20(18-26-12-10-25(11-13-26)14-16-29-17-15-28)19-27-21-6-2-4-8-23(21)30-24-9-5-3-7-22(24)27;/h2-9,20,28H,10-19H2,1H3;1H. The van der Waals surface area contributed by atoms with Crippen molar-refractivity contribution in [2.75, 3.05) is 70.5 Å². The zero-order valence-electron chi connectivity index (χ0n) is 18.3. The molecule has 2 aromatic carbocycles. The number of rotatable bonds is 9. The molecule has 2 aliphatic heterocycles. The first kappa shape index (κ1) is 24.4. The molecule has 170 valence electrons. The lowest BCUT2D eigenvalue weighted by molar-refractivity contribution is 0.0555. The minimum Gasteiger partial charge on any atom is -0.394 e. The van der Waals surface area contributed by atoms with Gasteiger partial charge in [0, 0.05) is 55.6 Å². The lowest BCUT2D eigenvalue weighted by atomic mass is 10.1. The molecular weight excluding hydrogens is 430 g/mol. The van der Waals surface area contributed by atoms with Gasteiger partial charge in [0.2, 0.25) is 0 Å². The third-order valence-electron chi connectivity index (χ3n) is 5.85. The van der Waals surface area contributed by atoms with Gasteiger partial charge in [-0.2, -0.15) is 0 Å². The Balaban J connectivity index is 0.00000272. The van der Waals surface area contributed by atoms with Gasteiger partial charge in [0.1, 0.15) is 0 Å². The van der Waals surface area contributed by atoms with Gasteiger partial charge in [-0.1, -0.05) is 43.0 Å². The van der Waals surface area contributed by atoms with E-state index in [1.165, 1.54) is 21.2 Å². The van der Waals surface area contributed by atoms with E-state index in [4.69, 9.17) is 9.84 Å². The van der Waals surface area contributed by atoms with Crippen LogP contribution in [0.15, 0.2) is 58.3 Å². The molecule has 2 aromatic rings. The van der Waals surface area contributed by atoms with Gasteiger partial charge in [0.05, 0.1) is 31.2 Å². The number of halogens is 1. The van der Waals surface area contributed by atoms with Crippen molar-refractivity contribution in [3.63, 3.8) is 0 Å². The smallest absolute Gasteiger partial charge is 0.0698 e. The predicted molar refractivity (Wildman–Crippen MR) is 131 cm³/mol. The molecule has 1 unspecified atom stereocenters. The molecule has 0 amide bonds. The second-order valence-corrected chi connectivity index (χ2v) is 9.32. The molecule has 1 N–H and O–H groups in total. The Labute approximate surface area is 196 Å². The quantitative estimate of drug-likeness (QED) is 0.567. The van der Waals surface area contributed by atoms with E-state index in [0.29, 0.717) is 19.1 Å². The molecule has 0 aromatic heterocycles. The van der Waals surface area contributed by atoms with Crippen LogP contribution in [0.4, 0.5) is 11.4 Å². The van der Waals surface area contributed by atoms with Crippen molar-refractivity contribution in [3.8, 4) is 0 Å². The van der Waals surface area contributed by atoms with Gasteiger partial charge in [0.25, 0.3) is 0 Å². The summed E-state index contributed by atoms with van der Waals surface area (Å²) in [5.74, 6) is 0.577. The van der Waals surface area contributed by atoms with Crippen molar-refractivity contribution in [2.45, 2.75) is 16.7 Å². The number of ether oxygens (including phenoxy) is 1. The van der Waals surface area contributed by atoms with Crippen LogP contribution in [0, 0.1) is 5.92 Å². The summed E-state index contributed by atoms with van der Waals surface area (Å²) >= 11 is 1.88. The highest BCUT2D eigenvalue weighted by Gasteiger charge is 2.25. The van der Waals surface area contributed by atoms with Crippen LogP contribution in [0.25, 0.3) is 0 Å². The molecule has 0 bridgehead atoms. The van der Waals surface area contributed by atoms with Crippen molar-refractivity contribution in [2.24, 2.45) is 5.92 Å². The fourth-order valence-corrected chi connectivity index (χ4v) is 5.44. The number of para-hydroxylation sites is 2. The number of hydrogen-bond donors (Lipinski definition) is 1. The molecule has 2 heterocycles. The summed E-state index contributed by atoms with van der Waals surface area (Å²) in [6.45, 7) is 11.2. The maximum atomic E-state index is 8.80. The Morgan fingerprint density at radius 2 is 1.45 bits per heavy atom. The van der Waals surface area contributed by atoms with E-state index in [0.717, 1.165) is 45.8 Å². The summed E-state index contributed by atoms with van der Waals surface area (Å²) < 4.78 is 5.41. The number of anilines is 2. The summed E-state index contributed by atoms with van der Waals surface area (Å²) in [5.41, 5.74) is 2.67. The monoisotopic (exact) mass is 463 g/mol. The normalized spacial score (nSPS) is 17.5. The number of nitrogens with zero attached hydrogens (tertiary/aromatic N) is 3. The fraction of sp³-hybridized carbons (Fsp3) is 0.500. The van der Waals surface area contributed by atoms with Gasteiger partial charge in [-0.15, -0.1) is 12.4 Å². The molecule has 2 aliphatic rings. The Kier molecular flexibility index (Phi) is 9.50. The number of piperazine rings is 1. The Hall–Kier alpha value is -1.28. The van der Waals surface area contributed by atoms with Gasteiger partial charge in [-0.25, -0.2) is 0 Å². The fourth-order valence-electron chi connectivity index (χ4n) is 4.34. The lowest BCUT2D eigenvalue weighted by Gasteiger charge is -2.38. The molecule has 4 rings (SSSR count). The van der Waals surface area contributed by atoms with Gasteiger partial charge in [-0.3, -0.25) is 4.90 Å². The minimum atomic E-state index is 0. The van der Waals surface area contributed by atoms with Gasteiger partial charge < -0.3 is 19.6 Å². The molecule has 1 saturated heterocycles. The Morgan fingerprint density at radius 3 is 2.06 bits per heavy atom. The molecule has 0 saturated carbocycles. The van der Waals surface area contributed by atoms with Gasteiger partial charge in [-0.05, 0) is 30.2 Å². The molecule has 0 spiro atoms. The molecule has 1 fully saturated rings. The highest BCUT2D eigenvalue weighted by molar-refractivity contribution is 7.99. The summed E-state index contributed by atoms with van der Waals surface area (Å²) in [4.78, 5) is 10.3. The van der Waals surface area contributed by atoms with Crippen molar-refractivity contribution in [3.05, 3.63) is 48.5 Å². The third kappa shape index (κ3) is 6.37.